The molecule has 0 aliphatic carbocycles. The monoisotopic (exact) mass is 543 g/mol. The zero-order valence-corrected chi connectivity index (χ0v) is 19.4. The number of carbonyl (C=O) groups is 1. The Morgan fingerprint density at radius 1 is 1.30 bits per heavy atom. The lowest BCUT2D eigenvalue weighted by Crippen LogP contribution is -2.56. The highest BCUT2D eigenvalue weighted by Gasteiger charge is 2.41. The third kappa shape index (κ3) is 8.17. The maximum Gasteiger partial charge on any atom is 0.403 e. The molecule has 1 aliphatic heterocycles. The van der Waals surface area contributed by atoms with Crippen LogP contribution in [-0.2, 0) is 11.3 Å². The van der Waals surface area contributed by atoms with Gasteiger partial charge in [0.25, 0.3) is 5.91 Å². The van der Waals surface area contributed by atoms with E-state index in [9.17, 15) is 18.0 Å². The zero-order valence-electron chi connectivity index (χ0n) is 17.1. The van der Waals surface area contributed by atoms with Crippen molar-refractivity contribution in [2.24, 2.45) is 10.7 Å². The van der Waals surface area contributed by atoms with E-state index in [1.54, 1.807) is 18.2 Å². The van der Waals surface area contributed by atoms with Gasteiger partial charge in [-0.2, -0.15) is 13.2 Å². The van der Waals surface area contributed by atoms with Crippen molar-refractivity contribution < 1.29 is 22.7 Å². The highest BCUT2D eigenvalue weighted by molar-refractivity contribution is 14.0. The van der Waals surface area contributed by atoms with E-state index in [0.29, 0.717) is 51.0 Å². The van der Waals surface area contributed by atoms with Gasteiger partial charge in [-0.05, 0) is 31.5 Å². The van der Waals surface area contributed by atoms with Gasteiger partial charge in [0.2, 0.25) is 0 Å². The average molecular weight is 543 g/mol. The first-order valence-electron chi connectivity index (χ1n) is 9.54. The molecule has 0 saturated carbocycles. The molecule has 2 rings (SSSR count). The molecule has 1 amide bonds. The molecule has 30 heavy (non-hydrogen) atoms. The third-order valence-electron chi connectivity index (χ3n) is 4.66. The fourth-order valence-electron chi connectivity index (χ4n) is 3.01. The van der Waals surface area contributed by atoms with Crippen LogP contribution in [0.2, 0.25) is 0 Å². The molecule has 1 saturated heterocycles. The van der Waals surface area contributed by atoms with Crippen LogP contribution < -0.4 is 15.8 Å². The smallest absolute Gasteiger partial charge is 0.403 e. The van der Waals surface area contributed by atoms with Gasteiger partial charge < -0.3 is 20.7 Å². The van der Waals surface area contributed by atoms with Crippen LogP contribution in [0.4, 0.5) is 13.2 Å². The molecule has 0 aromatic heterocycles. The number of halogens is 4. The Balaban J connectivity index is 0.00000450. The van der Waals surface area contributed by atoms with Gasteiger partial charge in [0, 0.05) is 32.7 Å². The molecule has 1 aromatic rings. The number of nitrogens with zero attached hydrogens (tertiary/aromatic N) is 3. The number of aliphatic imine (C=N–C) groups is 1. The summed E-state index contributed by atoms with van der Waals surface area (Å²) in [5.41, 5.74) is 5.96. The first-order chi connectivity index (χ1) is 13.7. The van der Waals surface area contributed by atoms with Gasteiger partial charge in [-0.1, -0.05) is 12.1 Å². The van der Waals surface area contributed by atoms with Gasteiger partial charge in [-0.25, -0.2) is 4.99 Å². The second-order valence-corrected chi connectivity index (χ2v) is 6.81. The van der Waals surface area contributed by atoms with Crippen LogP contribution in [0.5, 0.6) is 5.75 Å². The van der Waals surface area contributed by atoms with Crippen molar-refractivity contribution in [3.05, 3.63) is 29.8 Å². The highest BCUT2D eigenvalue weighted by Crippen LogP contribution is 2.25. The minimum absolute atomic E-state index is 0. The van der Waals surface area contributed by atoms with Crippen LogP contribution in [-0.4, -0.2) is 73.2 Å². The van der Waals surface area contributed by atoms with Crippen molar-refractivity contribution in [2.45, 2.75) is 32.6 Å². The lowest BCUT2D eigenvalue weighted by molar-refractivity contribution is -0.181. The topological polar surface area (TPSA) is 83.2 Å². The lowest BCUT2D eigenvalue weighted by Gasteiger charge is -2.39. The van der Waals surface area contributed by atoms with E-state index in [1.165, 1.54) is 11.8 Å². The second kappa shape index (κ2) is 12.2. The number of rotatable bonds is 7. The third-order valence-corrected chi connectivity index (χ3v) is 4.66. The standard InChI is InChI=1S/C19H28F3N5O2.HI/c1-3-24-18(27-9-7-26(8-10-27)14(2)19(20,21)22)25-12-15-5-4-6-16(11-15)29-13-17(23)28;/h4-6,11,14H,3,7-10,12-13H2,1-2H3,(H2,23,28)(H,24,25);1H. The molecule has 1 atom stereocenters. The van der Waals surface area contributed by atoms with Gasteiger partial charge in [0.05, 0.1) is 6.54 Å². The molecule has 1 aromatic carbocycles. The molecule has 11 heteroatoms. The zero-order chi connectivity index (χ0) is 21.4. The molecule has 0 spiro atoms. The Bertz CT molecular complexity index is 710. The molecule has 1 aliphatic rings. The van der Waals surface area contributed by atoms with Gasteiger partial charge in [0.1, 0.15) is 11.8 Å². The number of hydrogen-bond donors (Lipinski definition) is 2. The Morgan fingerprint density at radius 3 is 2.53 bits per heavy atom. The highest BCUT2D eigenvalue weighted by atomic mass is 127. The van der Waals surface area contributed by atoms with Gasteiger partial charge in [-0.3, -0.25) is 9.69 Å². The molecular formula is C19H29F3IN5O2. The number of nitrogens with one attached hydrogen (secondary N) is 1. The number of benzene rings is 1. The maximum atomic E-state index is 12.9. The van der Waals surface area contributed by atoms with E-state index >= 15 is 0 Å². The Labute approximate surface area is 191 Å². The van der Waals surface area contributed by atoms with Crippen LogP contribution in [0, 0.1) is 0 Å². The number of alkyl halides is 3. The summed E-state index contributed by atoms with van der Waals surface area (Å²) < 4.78 is 44.1. The second-order valence-electron chi connectivity index (χ2n) is 6.81. The van der Waals surface area contributed by atoms with Crippen molar-refractivity contribution in [1.82, 2.24) is 15.1 Å². The fraction of sp³-hybridized carbons (Fsp3) is 0.579. The summed E-state index contributed by atoms with van der Waals surface area (Å²) in [7, 11) is 0. The molecule has 1 fully saturated rings. The maximum absolute atomic E-state index is 12.9. The number of carbonyl (C=O) groups excluding carboxylic acids is 1. The fourth-order valence-corrected chi connectivity index (χ4v) is 3.01. The van der Waals surface area contributed by atoms with Crippen LogP contribution in [0.25, 0.3) is 0 Å². The van der Waals surface area contributed by atoms with Gasteiger partial charge in [0.15, 0.2) is 12.6 Å². The van der Waals surface area contributed by atoms with E-state index in [1.807, 2.05) is 17.9 Å². The number of amides is 1. The van der Waals surface area contributed by atoms with Crippen molar-refractivity contribution in [3.8, 4) is 5.75 Å². The van der Waals surface area contributed by atoms with Crippen LogP contribution in [0.3, 0.4) is 0 Å². The van der Waals surface area contributed by atoms with E-state index in [-0.39, 0.29) is 30.6 Å². The molecule has 170 valence electrons. The first kappa shape index (κ1) is 26.3. The summed E-state index contributed by atoms with van der Waals surface area (Å²) in [6.45, 7) is 5.54. The quantitative estimate of drug-likeness (QED) is 0.313. The number of hydrogen-bond acceptors (Lipinski definition) is 4. The van der Waals surface area contributed by atoms with Crippen molar-refractivity contribution >= 4 is 35.8 Å². The summed E-state index contributed by atoms with van der Waals surface area (Å²) in [4.78, 5) is 18.9. The predicted molar refractivity (Wildman–Crippen MR) is 120 cm³/mol. The molecular weight excluding hydrogens is 514 g/mol. The first-order valence-corrected chi connectivity index (χ1v) is 9.54. The van der Waals surface area contributed by atoms with E-state index in [4.69, 9.17) is 10.5 Å². The van der Waals surface area contributed by atoms with Crippen molar-refractivity contribution in [3.63, 3.8) is 0 Å². The molecule has 1 heterocycles. The van der Waals surface area contributed by atoms with Gasteiger partial charge >= 0.3 is 6.18 Å². The summed E-state index contributed by atoms with van der Waals surface area (Å²) in [6, 6.07) is 5.73. The minimum Gasteiger partial charge on any atom is -0.484 e. The average Bonchev–Trinajstić information content (AvgIpc) is 2.69. The number of nitrogens with two attached hydrogens (primary N) is 1. The molecule has 7 nitrogen and oxygen atoms in total. The molecule has 3 N–H and O–H groups in total. The molecule has 0 radical (unpaired) electrons. The number of ether oxygens (including phenoxy) is 1. The van der Waals surface area contributed by atoms with E-state index < -0.39 is 18.1 Å². The Morgan fingerprint density at radius 2 is 1.97 bits per heavy atom. The summed E-state index contributed by atoms with van der Waals surface area (Å²) in [5, 5.41) is 3.19. The Kier molecular flexibility index (Phi) is 10.7. The lowest BCUT2D eigenvalue weighted by atomic mass is 10.2. The van der Waals surface area contributed by atoms with Crippen LogP contribution in [0.1, 0.15) is 19.4 Å². The minimum atomic E-state index is -4.22. The number of guanidine groups is 1. The summed E-state index contributed by atoms with van der Waals surface area (Å²) in [6.07, 6.45) is -4.22. The number of primary amides is 1. The van der Waals surface area contributed by atoms with Crippen molar-refractivity contribution in [1.29, 1.82) is 0 Å². The summed E-state index contributed by atoms with van der Waals surface area (Å²) in [5.74, 6) is 0.633. The van der Waals surface area contributed by atoms with Crippen LogP contribution >= 0.6 is 24.0 Å². The molecule has 1 unspecified atom stereocenters. The van der Waals surface area contributed by atoms with Gasteiger partial charge in [-0.15, -0.1) is 24.0 Å². The predicted octanol–water partition coefficient (Wildman–Crippen LogP) is 2.20. The SMILES string of the molecule is CCNC(=NCc1cccc(OCC(N)=O)c1)N1CCN(C(C)C(F)(F)F)CC1.I. The van der Waals surface area contributed by atoms with E-state index in [0.717, 1.165) is 5.56 Å². The number of piperazine rings is 1. The van der Waals surface area contributed by atoms with Crippen LogP contribution in [0.15, 0.2) is 29.3 Å². The largest absolute Gasteiger partial charge is 0.484 e. The molecule has 0 bridgehead atoms. The summed E-state index contributed by atoms with van der Waals surface area (Å²) >= 11 is 0. The van der Waals surface area contributed by atoms with Crippen molar-refractivity contribution in [2.75, 3.05) is 39.3 Å². The normalized spacial score (nSPS) is 16.6. The van der Waals surface area contributed by atoms with E-state index in [2.05, 4.69) is 10.3 Å². The Hall–Kier alpha value is -1.76.